The molecule has 2 N–H and O–H groups in total. The molecule has 0 unspecified atom stereocenters. The van der Waals surface area contributed by atoms with E-state index in [-0.39, 0.29) is 16.4 Å². The third kappa shape index (κ3) is 5.25. The topological polar surface area (TPSA) is 93.5 Å². The average Bonchev–Trinajstić information content (AvgIpc) is 2.61. The number of para-hydroxylation sites is 1. The minimum atomic E-state index is -0.646. The lowest BCUT2D eigenvalue weighted by Crippen LogP contribution is -2.34. The molecule has 0 radical (unpaired) electrons. The van der Waals surface area contributed by atoms with Gasteiger partial charge in [0.05, 0.1) is 11.5 Å². The molecule has 0 atom stereocenters. The highest BCUT2D eigenvalue weighted by atomic mass is 32.1. The number of nitrogens with one attached hydrogen (secondary N) is 2. The molecule has 7 nitrogen and oxygen atoms in total. The number of nitro benzene ring substituents is 1. The van der Waals surface area contributed by atoms with Crippen molar-refractivity contribution >= 4 is 34.6 Å². The molecular weight excluding hydrogens is 342 g/mol. The van der Waals surface area contributed by atoms with Crippen LogP contribution in [-0.4, -0.2) is 22.5 Å². The zero-order valence-corrected chi connectivity index (χ0v) is 14.3. The van der Waals surface area contributed by atoms with Crippen LogP contribution in [0, 0.1) is 10.1 Å². The van der Waals surface area contributed by atoms with E-state index < -0.39 is 10.8 Å². The molecule has 8 heteroatoms. The first-order chi connectivity index (χ1) is 12.0. The molecular formula is C17H17N3O4S. The number of carbonyl (C=O) groups is 1. The molecule has 0 heterocycles. The number of hydrogen-bond donors (Lipinski definition) is 2. The summed E-state index contributed by atoms with van der Waals surface area (Å²) in [6, 6.07) is 12.8. The Morgan fingerprint density at radius 3 is 2.52 bits per heavy atom. The first-order valence-electron chi connectivity index (χ1n) is 7.60. The lowest BCUT2D eigenvalue weighted by atomic mass is 10.1. The van der Waals surface area contributed by atoms with Crippen molar-refractivity contribution in [2.75, 3.05) is 11.9 Å². The van der Waals surface area contributed by atoms with E-state index in [2.05, 4.69) is 10.6 Å². The molecule has 0 aliphatic carbocycles. The van der Waals surface area contributed by atoms with Gasteiger partial charge in [-0.2, -0.15) is 0 Å². The second-order valence-electron chi connectivity index (χ2n) is 5.06. The van der Waals surface area contributed by atoms with Gasteiger partial charge in [0.15, 0.2) is 5.11 Å². The highest BCUT2D eigenvalue weighted by Crippen LogP contribution is 2.18. The van der Waals surface area contributed by atoms with Crippen LogP contribution >= 0.6 is 12.2 Å². The van der Waals surface area contributed by atoms with Crippen molar-refractivity contribution in [1.82, 2.24) is 5.32 Å². The second-order valence-corrected chi connectivity index (χ2v) is 5.46. The summed E-state index contributed by atoms with van der Waals surface area (Å²) >= 11 is 5.08. The van der Waals surface area contributed by atoms with Gasteiger partial charge in [-0.15, -0.1) is 0 Å². The van der Waals surface area contributed by atoms with Crippen LogP contribution in [0.25, 0.3) is 0 Å². The van der Waals surface area contributed by atoms with E-state index in [4.69, 9.17) is 17.0 Å². The number of benzene rings is 2. The molecule has 0 aliphatic heterocycles. The van der Waals surface area contributed by atoms with Gasteiger partial charge in [-0.05, 0) is 49.0 Å². The second kappa shape index (κ2) is 8.74. The number of ether oxygens (including phenoxy) is 1. The summed E-state index contributed by atoms with van der Waals surface area (Å²) in [7, 11) is 0. The minimum absolute atomic E-state index is 0.0466. The summed E-state index contributed by atoms with van der Waals surface area (Å²) in [5, 5.41) is 16.3. The number of amides is 1. The summed E-state index contributed by atoms with van der Waals surface area (Å²) in [5.41, 5.74) is 0.330. The molecule has 0 saturated heterocycles. The fourth-order valence-electron chi connectivity index (χ4n) is 2.01. The van der Waals surface area contributed by atoms with Crippen molar-refractivity contribution in [3.05, 3.63) is 64.2 Å². The van der Waals surface area contributed by atoms with Crippen LogP contribution in [0.3, 0.4) is 0 Å². The fourth-order valence-corrected chi connectivity index (χ4v) is 2.22. The first kappa shape index (κ1) is 18.3. The van der Waals surface area contributed by atoms with Crippen molar-refractivity contribution in [2.45, 2.75) is 13.3 Å². The number of thiocarbonyl (C=S) groups is 1. The fraction of sp³-hybridized carbons (Fsp3) is 0.176. The molecule has 0 aromatic heterocycles. The molecule has 0 saturated carbocycles. The molecule has 130 valence electrons. The largest absolute Gasteiger partial charge is 0.494 e. The zero-order valence-electron chi connectivity index (χ0n) is 13.5. The maximum absolute atomic E-state index is 12.2. The number of anilines is 1. The van der Waals surface area contributed by atoms with E-state index >= 15 is 0 Å². The predicted octanol–water partition coefficient (Wildman–Crippen LogP) is 3.51. The molecule has 0 fully saturated rings. The number of hydrogen-bond acceptors (Lipinski definition) is 5. The first-order valence-corrected chi connectivity index (χ1v) is 8.00. The molecule has 0 spiro atoms. The van der Waals surface area contributed by atoms with Crippen LogP contribution in [0.1, 0.15) is 23.7 Å². The lowest BCUT2D eigenvalue weighted by Gasteiger charge is -2.10. The predicted molar refractivity (Wildman–Crippen MR) is 99.0 cm³/mol. The van der Waals surface area contributed by atoms with Crippen LogP contribution in [0.15, 0.2) is 48.5 Å². The molecule has 0 aliphatic rings. The van der Waals surface area contributed by atoms with Crippen molar-refractivity contribution < 1.29 is 14.5 Å². The van der Waals surface area contributed by atoms with Crippen LogP contribution in [-0.2, 0) is 0 Å². The quantitative estimate of drug-likeness (QED) is 0.466. The number of carbonyl (C=O) groups excluding carboxylic acids is 1. The number of nitro groups is 1. The number of nitrogens with zero attached hydrogens (tertiary/aromatic N) is 1. The Kier molecular flexibility index (Phi) is 6.41. The maximum atomic E-state index is 12.2. The van der Waals surface area contributed by atoms with Gasteiger partial charge in [-0.3, -0.25) is 20.2 Å². The van der Waals surface area contributed by atoms with Gasteiger partial charge in [0.2, 0.25) is 0 Å². The Morgan fingerprint density at radius 2 is 1.88 bits per heavy atom. The van der Waals surface area contributed by atoms with E-state index in [1.54, 1.807) is 30.3 Å². The molecule has 2 rings (SSSR count). The van der Waals surface area contributed by atoms with Crippen molar-refractivity contribution in [2.24, 2.45) is 0 Å². The van der Waals surface area contributed by atoms with Gasteiger partial charge in [-0.25, -0.2) is 0 Å². The Hall–Kier alpha value is -3.00. The monoisotopic (exact) mass is 359 g/mol. The smallest absolute Gasteiger partial charge is 0.282 e. The van der Waals surface area contributed by atoms with Crippen LogP contribution in [0.4, 0.5) is 11.4 Å². The van der Waals surface area contributed by atoms with E-state index in [9.17, 15) is 14.9 Å². The highest BCUT2D eigenvalue weighted by molar-refractivity contribution is 7.80. The standard InChI is InChI=1S/C17H17N3O4S/c1-2-11-24-13-9-7-12(8-10-13)18-17(25)19-16(21)14-5-3-4-6-15(14)20(22)23/h3-10H,2,11H2,1H3,(H2,18,19,21,25). The highest BCUT2D eigenvalue weighted by Gasteiger charge is 2.19. The molecule has 1 amide bonds. The van der Waals surface area contributed by atoms with E-state index in [1.807, 2.05) is 6.92 Å². The summed E-state index contributed by atoms with van der Waals surface area (Å²) in [4.78, 5) is 22.5. The van der Waals surface area contributed by atoms with Gasteiger partial charge in [0, 0.05) is 11.8 Å². The van der Waals surface area contributed by atoms with Crippen molar-refractivity contribution in [3.63, 3.8) is 0 Å². The van der Waals surface area contributed by atoms with Gasteiger partial charge >= 0.3 is 0 Å². The van der Waals surface area contributed by atoms with Gasteiger partial charge < -0.3 is 10.1 Å². The van der Waals surface area contributed by atoms with Gasteiger partial charge in [0.25, 0.3) is 11.6 Å². The third-order valence-electron chi connectivity index (χ3n) is 3.16. The lowest BCUT2D eigenvalue weighted by molar-refractivity contribution is -0.385. The summed E-state index contributed by atoms with van der Waals surface area (Å²) in [5.74, 6) is 0.0926. The Balaban J connectivity index is 1.98. The van der Waals surface area contributed by atoms with E-state index in [1.165, 1.54) is 18.2 Å². The minimum Gasteiger partial charge on any atom is -0.494 e. The summed E-state index contributed by atoms with van der Waals surface area (Å²) in [6.07, 6.45) is 0.918. The Labute approximate surface area is 150 Å². The average molecular weight is 359 g/mol. The Morgan fingerprint density at radius 1 is 1.20 bits per heavy atom. The third-order valence-corrected chi connectivity index (χ3v) is 3.36. The van der Waals surface area contributed by atoms with Gasteiger partial charge in [-0.1, -0.05) is 19.1 Å². The normalized spacial score (nSPS) is 9.96. The summed E-state index contributed by atoms with van der Waals surface area (Å²) in [6.45, 7) is 2.66. The maximum Gasteiger partial charge on any atom is 0.282 e. The SMILES string of the molecule is CCCOc1ccc(NC(=S)NC(=O)c2ccccc2[N+](=O)[O-])cc1. The van der Waals surface area contributed by atoms with Crippen LogP contribution < -0.4 is 15.4 Å². The molecule has 2 aromatic rings. The molecule has 25 heavy (non-hydrogen) atoms. The molecule has 2 aromatic carbocycles. The van der Waals surface area contributed by atoms with Crippen LogP contribution in [0.5, 0.6) is 5.75 Å². The zero-order chi connectivity index (χ0) is 18.2. The molecule has 0 bridgehead atoms. The number of rotatable bonds is 6. The van der Waals surface area contributed by atoms with Crippen molar-refractivity contribution in [3.8, 4) is 5.75 Å². The summed E-state index contributed by atoms with van der Waals surface area (Å²) < 4.78 is 5.48. The van der Waals surface area contributed by atoms with E-state index in [0.29, 0.717) is 12.3 Å². The van der Waals surface area contributed by atoms with Crippen molar-refractivity contribution in [1.29, 1.82) is 0 Å². The Bertz CT molecular complexity index is 778. The van der Waals surface area contributed by atoms with E-state index in [0.717, 1.165) is 12.2 Å². The van der Waals surface area contributed by atoms with Crippen LogP contribution in [0.2, 0.25) is 0 Å². The van der Waals surface area contributed by atoms with Gasteiger partial charge in [0.1, 0.15) is 11.3 Å².